The van der Waals surface area contributed by atoms with Crippen molar-refractivity contribution in [3.8, 4) is 5.75 Å². The van der Waals surface area contributed by atoms with Gasteiger partial charge in [-0.2, -0.15) is 0 Å². The fourth-order valence-corrected chi connectivity index (χ4v) is 4.36. The molecule has 188 valence electrons. The Labute approximate surface area is 205 Å². The lowest BCUT2D eigenvalue weighted by Crippen LogP contribution is -1.88. The molecule has 0 radical (unpaired) electrons. The summed E-state index contributed by atoms with van der Waals surface area (Å²) in [5.41, 5.74) is 1.17. The Kier molecular flexibility index (Phi) is 21.0. The fourth-order valence-electron chi connectivity index (χ4n) is 3.66. The van der Waals surface area contributed by atoms with E-state index in [4.69, 9.17) is 19.2 Å². The van der Waals surface area contributed by atoms with Crippen molar-refractivity contribution in [3.05, 3.63) is 27.3 Å². The van der Waals surface area contributed by atoms with Crippen molar-refractivity contribution in [2.75, 3.05) is 0 Å². The maximum absolute atomic E-state index is 10.9. The molecule has 1 aromatic rings. The number of benzene rings is 1. The predicted molar refractivity (Wildman–Crippen MR) is 139 cm³/mol. The fraction of sp³-hybridized carbons (Fsp3) is 0.750. The standard InChI is InChI=1S/C24H41IO2.H3O4P/c1-2-3-4-5-6-7-8-9-10-11-12-13-14-15-16-17-18-22-19-20-23(25-27)24(26)21-22;1-5(2,3)4/h19-21,26H,2-18H2,1H3;(H3,1,2,3,4). The Bertz CT molecular complexity index is 627. The number of unbranched alkanes of at least 4 members (excludes halogenated alkanes) is 15. The molecule has 32 heavy (non-hydrogen) atoms. The maximum atomic E-state index is 10.9. The number of halogens is 1. The van der Waals surface area contributed by atoms with Crippen LogP contribution in [-0.4, -0.2) is 19.8 Å². The molecule has 0 saturated carbocycles. The van der Waals surface area contributed by atoms with Gasteiger partial charge in [-0.25, -0.2) is 4.57 Å². The summed E-state index contributed by atoms with van der Waals surface area (Å²) >= 11 is -1.26. The Morgan fingerprint density at radius 2 is 1.09 bits per heavy atom. The summed E-state index contributed by atoms with van der Waals surface area (Å²) in [5.74, 6) is 0.215. The van der Waals surface area contributed by atoms with Gasteiger partial charge in [-0.05, 0) is 30.5 Å². The van der Waals surface area contributed by atoms with Gasteiger partial charge in [-0.15, -0.1) is 0 Å². The minimum Gasteiger partial charge on any atom is -0.507 e. The Morgan fingerprint density at radius 3 is 1.44 bits per heavy atom. The van der Waals surface area contributed by atoms with Crippen LogP contribution in [0.4, 0.5) is 0 Å². The molecule has 0 atom stereocenters. The first-order chi connectivity index (χ1) is 15.3. The minimum atomic E-state index is -4.64. The number of aromatic hydroxyl groups is 1. The molecule has 0 saturated heterocycles. The third kappa shape index (κ3) is 22.8. The summed E-state index contributed by atoms with van der Waals surface area (Å²) in [6.07, 6.45) is 23.2. The highest BCUT2D eigenvalue weighted by Crippen LogP contribution is 2.26. The molecule has 1 aromatic carbocycles. The molecule has 0 aliphatic carbocycles. The van der Waals surface area contributed by atoms with E-state index in [0.717, 1.165) is 6.42 Å². The Balaban J connectivity index is 0.00000172. The van der Waals surface area contributed by atoms with Gasteiger partial charge in [0.2, 0.25) is 0 Å². The second-order valence-electron chi connectivity index (χ2n) is 8.43. The maximum Gasteiger partial charge on any atom is 0.466 e. The van der Waals surface area contributed by atoms with Gasteiger partial charge < -0.3 is 19.8 Å². The number of phosphoric acid groups is 1. The first kappa shape index (κ1) is 31.7. The van der Waals surface area contributed by atoms with Crippen LogP contribution in [0.25, 0.3) is 0 Å². The third-order valence-electron chi connectivity index (χ3n) is 5.41. The zero-order valence-corrected chi connectivity index (χ0v) is 22.7. The molecule has 0 heterocycles. The van der Waals surface area contributed by atoms with Gasteiger partial charge in [0, 0.05) is 0 Å². The van der Waals surface area contributed by atoms with Gasteiger partial charge in [0.1, 0.15) is 5.75 Å². The van der Waals surface area contributed by atoms with Crippen LogP contribution in [0, 0.1) is 3.57 Å². The topological polar surface area (TPSA) is 115 Å². The van der Waals surface area contributed by atoms with E-state index >= 15 is 0 Å². The average molecular weight is 586 g/mol. The second kappa shape index (κ2) is 21.2. The van der Waals surface area contributed by atoms with Crippen LogP contribution < -0.4 is 0 Å². The summed E-state index contributed by atoms with van der Waals surface area (Å²) in [6, 6.07) is 5.62. The van der Waals surface area contributed by atoms with Crippen LogP contribution >= 0.6 is 29.0 Å². The summed E-state index contributed by atoms with van der Waals surface area (Å²) < 4.78 is 20.4. The lowest BCUT2D eigenvalue weighted by atomic mass is 10.0. The largest absolute Gasteiger partial charge is 0.507 e. The molecule has 0 fully saturated rings. The zero-order chi connectivity index (χ0) is 24.1. The number of hydrogen-bond donors (Lipinski definition) is 4. The summed E-state index contributed by atoms with van der Waals surface area (Å²) in [7, 11) is -4.64. The van der Waals surface area contributed by atoms with Crippen LogP contribution in [0.15, 0.2) is 18.2 Å². The van der Waals surface area contributed by atoms with Crippen LogP contribution in [-0.2, 0) is 14.1 Å². The van der Waals surface area contributed by atoms with Gasteiger partial charge in [-0.3, -0.25) is 3.07 Å². The first-order valence-corrected chi connectivity index (χ1v) is 15.7. The molecule has 0 amide bonds. The molecule has 1 rings (SSSR count). The van der Waals surface area contributed by atoms with E-state index in [0.29, 0.717) is 3.57 Å². The van der Waals surface area contributed by atoms with E-state index in [-0.39, 0.29) is 5.75 Å². The molecule has 4 N–H and O–H groups in total. The average Bonchev–Trinajstić information content (AvgIpc) is 2.72. The normalized spacial score (nSPS) is 11.2. The van der Waals surface area contributed by atoms with Crippen molar-refractivity contribution in [1.29, 1.82) is 0 Å². The number of aryl methyl sites for hydroxylation is 1. The molecule has 0 aromatic heterocycles. The van der Waals surface area contributed by atoms with Crippen molar-refractivity contribution in [3.63, 3.8) is 0 Å². The molecule has 8 heteroatoms. The van der Waals surface area contributed by atoms with Crippen molar-refractivity contribution >= 4 is 29.0 Å². The number of rotatable bonds is 18. The van der Waals surface area contributed by atoms with Crippen molar-refractivity contribution < 1.29 is 27.4 Å². The van der Waals surface area contributed by atoms with Gasteiger partial charge in [0.15, 0.2) is 21.2 Å². The highest BCUT2D eigenvalue weighted by atomic mass is 127. The van der Waals surface area contributed by atoms with Crippen LogP contribution in [0.2, 0.25) is 0 Å². The van der Waals surface area contributed by atoms with E-state index in [1.54, 1.807) is 6.07 Å². The van der Waals surface area contributed by atoms with Gasteiger partial charge >= 0.3 is 7.82 Å². The molecular weight excluding hydrogens is 542 g/mol. The van der Waals surface area contributed by atoms with Crippen LogP contribution in [0.1, 0.15) is 115 Å². The Morgan fingerprint density at radius 1 is 0.719 bits per heavy atom. The molecule has 0 aliphatic heterocycles. The predicted octanol–water partition coefficient (Wildman–Crippen LogP) is 7.75. The highest BCUT2D eigenvalue weighted by molar-refractivity contribution is 14.1. The van der Waals surface area contributed by atoms with E-state index in [1.807, 2.05) is 12.1 Å². The van der Waals surface area contributed by atoms with Crippen LogP contribution in [0.3, 0.4) is 0 Å². The molecule has 6 nitrogen and oxygen atoms in total. The highest BCUT2D eigenvalue weighted by Gasteiger charge is 2.02. The van der Waals surface area contributed by atoms with Gasteiger partial charge in [0.25, 0.3) is 0 Å². The number of phenols is 1. The van der Waals surface area contributed by atoms with E-state index in [2.05, 4.69) is 6.92 Å². The Hall–Kier alpha value is -0.340. The lowest BCUT2D eigenvalue weighted by Gasteiger charge is -2.05. The minimum absolute atomic E-state index is 0.215. The lowest BCUT2D eigenvalue weighted by molar-refractivity contribution is 0.275. The monoisotopic (exact) mass is 586 g/mol. The summed E-state index contributed by atoms with van der Waals surface area (Å²) in [5, 5.41) is 9.75. The molecule has 0 unspecified atom stereocenters. The van der Waals surface area contributed by atoms with Gasteiger partial charge in [-0.1, -0.05) is 109 Å². The molecule has 0 bridgehead atoms. The molecule has 0 aliphatic rings. The molecular formula is C24H44IO6P. The quantitative estimate of drug-likeness (QED) is 0.0794. The first-order valence-electron chi connectivity index (χ1n) is 12.1. The number of hydrogen-bond acceptors (Lipinski definition) is 3. The smallest absolute Gasteiger partial charge is 0.466 e. The summed E-state index contributed by atoms with van der Waals surface area (Å²) in [6.45, 7) is 2.28. The van der Waals surface area contributed by atoms with E-state index < -0.39 is 29.0 Å². The van der Waals surface area contributed by atoms with E-state index in [1.165, 1.54) is 108 Å². The van der Waals surface area contributed by atoms with Crippen LogP contribution in [0.5, 0.6) is 5.75 Å². The van der Waals surface area contributed by atoms with Crippen molar-refractivity contribution in [2.45, 2.75) is 116 Å². The molecule has 0 spiro atoms. The van der Waals surface area contributed by atoms with Crippen molar-refractivity contribution in [1.82, 2.24) is 0 Å². The van der Waals surface area contributed by atoms with Crippen molar-refractivity contribution in [2.24, 2.45) is 0 Å². The van der Waals surface area contributed by atoms with E-state index in [9.17, 15) is 8.18 Å². The SMILES string of the molecule is CCCCCCCCCCCCCCCCCCc1ccc(I=O)c(O)c1.O=P(O)(O)O. The van der Waals surface area contributed by atoms with Gasteiger partial charge in [0.05, 0.1) is 3.57 Å². The third-order valence-corrected chi connectivity index (χ3v) is 6.80. The zero-order valence-electron chi connectivity index (χ0n) is 19.7. The second-order valence-corrected chi connectivity index (χ2v) is 11.1. The number of phenolic OH excluding ortho intramolecular Hbond substituents is 1. The summed E-state index contributed by atoms with van der Waals surface area (Å²) in [4.78, 5) is 21.6.